The fourth-order valence-corrected chi connectivity index (χ4v) is 1.51. The number of nitrogens with one attached hydrogen (secondary N) is 1. The van der Waals surface area contributed by atoms with E-state index in [1.54, 1.807) is 12.1 Å². The van der Waals surface area contributed by atoms with Crippen LogP contribution in [0.3, 0.4) is 0 Å². The monoisotopic (exact) mass is 298 g/mol. The molecule has 0 aromatic heterocycles. The molecule has 1 N–H and O–H groups in total. The quantitative estimate of drug-likeness (QED) is 0.391. The molecule has 108 valence electrons. The first-order valence-corrected chi connectivity index (χ1v) is 6.33. The van der Waals surface area contributed by atoms with E-state index in [1.807, 2.05) is 6.92 Å². The van der Waals surface area contributed by atoms with Gasteiger partial charge in [-0.3, -0.25) is 10.2 Å². The standard InChI is InChI=1S/C13H15ClN2O4/c1-3-4-11(14)16-20-13(18)15-10-7-5-9(6-8-10)12(17)19-2/h5-8H,3-4H2,1-2H3,(H,15,18). The summed E-state index contributed by atoms with van der Waals surface area (Å²) in [4.78, 5) is 27.2. The van der Waals surface area contributed by atoms with Gasteiger partial charge >= 0.3 is 12.1 Å². The first kappa shape index (κ1) is 16.0. The normalized spacial score (nSPS) is 10.8. The van der Waals surface area contributed by atoms with E-state index in [9.17, 15) is 9.59 Å². The first-order chi connectivity index (χ1) is 9.56. The van der Waals surface area contributed by atoms with Gasteiger partial charge in [0, 0.05) is 12.1 Å². The zero-order valence-electron chi connectivity index (χ0n) is 11.2. The van der Waals surface area contributed by atoms with Gasteiger partial charge in [0.15, 0.2) is 0 Å². The Kier molecular flexibility index (Phi) is 6.52. The lowest BCUT2D eigenvalue weighted by atomic mass is 10.2. The van der Waals surface area contributed by atoms with Crippen molar-refractivity contribution in [1.29, 1.82) is 0 Å². The van der Waals surface area contributed by atoms with Crippen LogP contribution in [0.15, 0.2) is 29.4 Å². The number of hydrogen-bond acceptors (Lipinski definition) is 5. The lowest BCUT2D eigenvalue weighted by molar-refractivity contribution is 0.0600. The molecule has 0 unspecified atom stereocenters. The number of nitrogens with zero attached hydrogens (tertiary/aromatic N) is 1. The Labute approximate surface area is 121 Å². The Morgan fingerprint density at radius 3 is 2.50 bits per heavy atom. The van der Waals surface area contributed by atoms with Crippen molar-refractivity contribution in [3.63, 3.8) is 0 Å². The summed E-state index contributed by atoms with van der Waals surface area (Å²) in [5.41, 5.74) is 0.847. The molecule has 7 heteroatoms. The van der Waals surface area contributed by atoms with Gasteiger partial charge in [-0.2, -0.15) is 0 Å². The van der Waals surface area contributed by atoms with Crippen molar-refractivity contribution in [2.24, 2.45) is 5.16 Å². The summed E-state index contributed by atoms with van der Waals surface area (Å²) in [6.07, 6.45) is 0.593. The molecule has 0 spiro atoms. The third-order valence-corrected chi connectivity index (χ3v) is 2.49. The second kappa shape index (κ2) is 8.16. The molecule has 0 heterocycles. The van der Waals surface area contributed by atoms with Crippen molar-refractivity contribution < 1.29 is 19.2 Å². The summed E-state index contributed by atoms with van der Waals surface area (Å²) in [6, 6.07) is 6.14. The minimum atomic E-state index is -0.759. The first-order valence-electron chi connectivity index (χ1n) is 5.95. The number of anilines is 1. The van der Waals surface area contributed by atoms with Crippen molar-refractivity contribution in [2.45, 2.75) is 19.8 Å². The molecular formula is C13H15ClN2O4. The van der Waals surface area contributed by atoms with Crippen LogP contribution in [0.4, 0.5) is 10.5 Å². The maximum Gasteiger partial charge on any atom is 0.437 e. The number of rotatable bonds is 5. The highest BCUT2D eigenvalue weighted by Crippen LogP contribution is 2.11. The number of halogens is 1. The van der Waals surface area contributed by atoms with Gasteiger partial charge < -0.3 is 4.74 Å². The van der Waals surface area contributed by atoms with Crippen LogP contribution in [0.1, 0.15) is 30.1 Å². The van der Waals surface area contributed by atoms with Gasteiger partial charge in [-0.1, -0.05) is 23.7 Å². The maximum atomic E-state index is 11.4. The summed E-state index contributed by atoms with van der Waals surface area (Å²) < 4.78 is 4.56. The van der Waals surface area contributed by atoms with Gasteiger partial charge in [-0.25, -0.2) is 9.59 Å². The van der Waals surface area contributed by atoms with Gasteiger partial charge in [-0.15, -0.1) is 0 Å². The SMILES string of the molecule is CCCC(Cl)=NOC(=O)Nc1ccc(C(=O)OC)cc1. The zero-order chi connectivity index (χ0) is 15.0. The number of carbonyl (C=O) groups excluding carboxylic acids is 2. The van der Waals surface area contributed by atoms with E-state index in [0.29, 0.717) is 17.7 Å². The lowest BCUT2D eigenvalue weighted by Gasteiger charge is -2.04. The number of carbonyl (C=O) groups is 2. The number of amides is 1. The largest absolute Gasteiger partial charge is 0.465 e. The smallest absolute Gasteiger partial charge is 0.437 e. The van der Waals surface area contributed by atoms with Gasteiger partial charge in [0.25, 0.3) is 0 Å². The van der Waals surface area contributed by atoms with Gasteiger partial charge in [-0.05, 0) is 30.7 Å². The van der Waals surface area contributed by atoms with Crippen LogP contribution in [0.5, 0.6) is 0 Å². The molecule has 0 radical (unpaired) electrons. The third kappa shape index (κ3) is 5.27. The Morgan fingerprint density at radius 2 is 1.95 bits per heavy atom. The van der Waals surface area contributed by atoms with Crippen molar-refractivity contribution in [1.82, 2.24) is 0 Å². The molecular weight excluding hydrogens is 284 g/mol. The van der Waals surface area contributed by atoms with Crippen LogP contribution in [-0.2, 0) is 9.57 Å². The Balaban J connectivity index is 2.54. The molecule has 0 bridgehead atoms. The van der Waals surface area contributed by atoms with E-state index >= 15 is 0 Å². The zero-order valence-corrected chi connectivity index (χ0v) is 11.9. The van der Waals surface area contributed by atoms with Crippen LogP contribution in [0.2, 0.25) is 0 Å². The molecule has 20 heavy (non-hydrogen) atoms. The van der Waals surface area contributed by atoms with Gasteiger partial charge in [0.1, 0.15) is 5.17 Å². The molecule has 0 saturated carbocycles. The van der Waals surface area contributed by atoms with Crippen molar-refractivity contribution in [3.8, 4) is 0 Å². The van der Waals surface area contributed by atoms with Gasteiger partial charge in [0.2, 0.25) is 0 Å². The molecule has 1 aromatic rings. The number of oxime groups is 1. The number of ether oxygens (including phenoxy) is 1. The summed E-state index contributed by atoms with van der Waals surface area (Å²) in [6.45, 7) is 1.93. The van der Waals surface area contributed by atoms with E-state index in [-0.39, 0.29) is 5.17 Å². The highest BCUT2D eigenvalue weighted by molar-refractivity contribution is 6.65. The second-order valence-electron chi connectivity index (χ2n) is 3.79. The average molecular weight is 299 g/mol. The number of hydrogen-bond donors (Lipinski definition) is 1. The maximum absolute atomic E-state index is 11.4. The predicted molar refractivity (Wildman–Crippen MR) is 76.1 cm³/mol. The summed E-state index contributed by atoms with van der Waals surface area (Å²) in [5.74, 6) is -0.449. The Hall–Kier alpha value is -2.08. The highest BCUT2D eigenvalue weighted by Gasteiger charge is 2.07. The molecule has 1 aromatic carbocycles. The van der Waals surface area contributed by atoms with Crippen molar-refractivity contribution in [3.05, 3.63) is 29.8 Å². The molecule has 6 nitrogen and oxygen atoms in total. The van der Waals surface area contributed by atoms with Crippen LogP contribution >= 0.6 is 11.6 Å². The number of methoxy groups -OCH3 is 1. The van der Waals surface area contributed by atoms with Crippen LogP contribution in [0.25, 0.3) is 0 Å². The Morgan fingerprint density at radius 1 is 1.30 bits per heavy atom. The van der Waals surface area contributed by atoms with Gasteiger partial charge in [0.05, 0.1) is 12.7 Å². The molecule has 0 aliphatic rings. The Bertz CT molecular complexity index is 500. The molecule has 0 aliphatic heterocycles. The average Bonchev–Trinajstić information content (AvgIpc) is 2.45. The van der Waals surface area contributed by atoms with E-state index in [2.05, 4.69) is 20.0 Å². The molecule has 0 aliphatic carbocycles. The van der Waals surface area contributed by atoms with E-state index in [1.165, 1.54) is 19.2 Å². The molecule has 1 rings (SSSR count). The summed E-state index contributed by atoms with van der Waals surface area (Å²) >= 11 is 5.69. The minimum Gasteiger partial charge on any atom is -0.465 e. The molecule has 0 saturated heterocycles. The molecule has 0 atom stereocenters. The molecule has 1 amide bonds. The van der Waals surface area contributed by atoms with E-state index < -0.39 is 12.1 Å². The van der Waals surface area contributed by atoms with Crippen LogP contribution in [-0.4, -0.2) is 24.3 Å². The summed E-state index contributed by atoms with van der Waals surface area (Å²) in [5, 5.41) is 6.14. The second-order valence-corrected chi connectivity index (χ2v) is 4.23. The van der Waals surface area contributed by atoms with Crippen LogP contribution < -0.4 is 5.32 Å². The van der Waals surface area contributed by atoms with Crippen molar-refractivity contribution in [2.75, 3.05) is 12.4 Å². The fourth-order valence-electron chi connectivity index (χ4n) is 1.29. The summed E-state index contributed by atoms with van der Waals surface area (Å²) in [7, 11) is 1.30. The number of esters is 1. The van der Waals surface area contributed by atoms with Crippen molar-refractivity contribution >= 4 is 34.5 Å². The minimum absolute atomic E-state index is 0.226. The number of benzene rings is 1. The highest BCUT2D eigenvalue weighted by atomic mass is 35.5. The lowest BCUT2D eigenvalue weighted by Crippen LogP contribution is -2.11. The van der Waals surface area contributed by atoms with E-state index in [4.69, 9.17) is 11.6 Å². The third-order valence-electron chi connectivity index (χ3n) is 2.24. The topological polar surface area (TPSA) is 77.0 Å². The predicted octanol–water partition coefficient (Wildman–Crippen LogP) is 3.37. The molecule has 0 fully saturated rings. The fraction of sp³-hybridized carbons (Fsp3) is 0.308. The van der Waals surface area contributed by atoms with Crippen LogP contribution in [0, 0.1) is 0 Å². The van der Waals surface area contributed by atoms with E-state index in [0.717, 1.165) is 6.42 Å².